The Labute approximate surface area is 157 Å². The van der Waals surface area contributed by atoms with Crippen LogP contribution in [-0.2, 0) is 6.54 Å². The lowest BCUT2D eigenvalue weighted by Crippen LogP contribution is -2.36. The van der Waals surface area contributed by atoms with Crippen molar-refractivity contribution in [3.8, 4) is 0 Å². The number of para-hydroxylation sites is 2. The number of likely N-dealkylation sites (tertiary alicyclic amines) is 1. The molecule has 26 heavy (non-hydrogen) atoms. The highest BCUT2D eigenvalue weighted by Gasteiger charge is 2.43. The SMILES string of the molecule is Cc1nc2ccccc2n1[C@H]1C[C@H]2CN(Cc3nccs3)C[C@H]2C[C@@H]1O. The van der Waals surface area contributed by atoms with Crippen molar-refractivity contribution in [1.29, 1.82) is 0 Å². The zero-order valence-electron chi connectivity index (χ0n) is 15.0. The summed E-state index contributed by atoms with van der Waals surface area (Å²) in [6.45, 7) is 5.19. The van der Waals surface area contributed by atoms with Crippen molar-refractivity contribution >= 4 is 22.4 Å². The molecule has 1 aliphatic heterocycles. The van der Waals surface area contributed by atoms with Crippen LogP contribution in [0.4, 0.5) is 0 Å². The predicted molar refractivity (Wildman–Crippen MR) is 103 cm³/mol. The van der Waals surface area contributed by atoms with Crippen LogP contribution in [0.2, 0.25) is 0 Å². The van der Waals surface area contributed by atoms with Crippen molar-refractivity contribution in [2.75, 3.05) is 13.1 Å². The van der Waals surface area contributed by atoms with Gasteiger partial charge in [0.15, 0.2) is 0 Å². The van der Waals surface area contributed by atoms with Gasteiger partial charge >= 0.3 is 0 Å². The van der Waals surface area contributed by atoms with Gasteiger partial charge in [0.05, 0.1) is 29.7 Å². The lowest BCUT2D eigenvalue weighted by molar-refractivity contribution is 0.0366. The Morgan fingerprint density at radius 2 is 2.00 bits per heavy atom. The molecule has 136 valence electrons. The minimum absolute atomic E-state index is 0.128. The van der Waals surface area contributed by atoms with E-state index < -0.39 is 0 Å². The number of hydrogen-bond donors (Lipinski definition) is 1. The van der Waals surface area contributed by atoms with E-state index >= 15 is 0 Å². The maximum Gasteiger partial charge on any atom is 0.107 e. The van der Waals surface area contributed by atoms with Gasteiger partial charge in [-0.2, -0.15) is 0 Å². The van der Waals surface area contributed by atoms with Crippen LogP contribution in [0.25, 0.3) is 11.0 Å². The van der Waals surface area contributed by atoms with Gasteiger partial charge in [-0.05, 0) is 43.7 Å². The molecule has 1 aliphatic carbocycles. The normalized spacial score (nSPS) is 29.3. The van der Waals surface area contributed by atoms with E-state index in [1.807, 2.05) is 17.6 Å². The summed E-state index contributed by atoms with van der Waals surface area (Å²) in [6, 6.07) is 8.39. The van der Waals surface area contributed by atoms with Crippen molar-refractivity contribution in [1.82, 2.24) is 19.4 Å². The Hall–Kier alpha value is -1.76. The molecule has 1 N–H and O–H groups in total. The Morgan fingerprint density at radius 3 is 2.81 bits per heavy atom. The second-order valence-corrected chi connectivity index (χ2v) is 8.74. The summed E-state index contributed by atoms with van der Waals surface area (Å²) >= 11 is 1.73. The molecular formula is C20H24N4OS. The topological polar surface area (TPSA) is 54.2 Å². The Kier molecular flexibility index (Phi) is 4.07. The molecular weight excluding hydrogens is 344 g/mol. The molecule has 0 bridgehead atoms. The van der Waals surface area contributed by atoms with Gasteiger partial charge < -0.3 is 9.67 Å². The molecule has 1 aromatic carbocycles. The van der Waals surface area contributed by atoms with E-state index in [2.05, 4.69) is 39.6 Å². The van der Waals surface area contributed by atoms with Crippen LogP contribution in [0, 0.1) is 18.8 Å². The largest absolute Gasteiger partial charge is 0.391 e. The fourth-order valence-electron chi connectivity index (χ4n) is 5.02. The molecule has 1 saturated carbocycles. The van der Waals surface area contributed by atoms with Crippen LogP contribution >= 0.6 is 11.3 Å². The summed E-state index contributed by atoms with van der Waals surface area (Å²) in [7, 11) is 0. The van der Waals surface area contributed by atoms with Gasteiger partial charge in [-0.1, -0.05) is 12.1 Å². The number of nitrogens with zero attached hydrogens (tertiary/aromatic N) is 4. The van der Waals surface area contributed by atoms with E-state index in [-0.39, 0.29) is 12.1 Å². The lowest BCUT2D eigenvalue weighted by atomic mass is 9.77. The van der Waals surface area contributed by atoms with Crippen molar-refractivity contribution in [3.05, 3.63) is 46.7 Å². The van der Waals surface area contributed by atoms with E-state index in [9.17, 15) is 5.11 Å². The number of aliphatic hydroxyl groups excluding tert-OH is 1. The molecule has 6 heteroatoms. The average molecular weight is 369 g/mol. The Morgan fingerprint density at radius 1 is 1.19 bits per heavy atom. The summed E-state index contributed by atoms with van der Waals surface area (Å²) in [4.78, 5) is 11.7. The molecule has 5 rings (SSSR count). The van der Waals surface area contributed by atoms with E-state index in [1.165, 1.54) is 5.01 Å². The van der Waals surface area contributed by atoms with Gasteiger partial charge in [0.25, 0.3) is 0 Å². The summed E-state index contributed by atoms with van der Waals surface area (Å²) in [5.74, 6) is 2.24. The smallest absolute Gasteiger partial charge is 0.107 e. The first kappa shape index (κ1) is 16.4. The molecule has 0 spiro atoms. The third-order valence-electron chi connectivity index (χ3n) is 6.13. The molecule has 3 aromatic rings. The molecule has 0 radical (unpaired) electrons. The molecule has 3 heterocycles. The van der Waals surface area contributed by atoms with Crippen LogP contribution in [0.5, 0.6) is 0 Å². The summed E-state index contributed by atoms with van der Waals surface area (Å²) in [6.07, 6.45) is 3.50. The number of rotatable bonds is 3. The van der Waals surface area contributed by atoms with E-state index in [4.69, 9.17) is 4.98 Å². The molecule has 5 nitrogen and oxygen atoms in total. The fraction of sp³-hybridized carbons (Fsp3) is 0.500. The maximum atomic E-state index is 10.9. The molecule has 2 aromatic heterocycles. The summed E-state index contributed by atoms with van der Waals surface area (Å²) in [5.41, 5.74) is 2.17. The van der Waals surface area contributed by atoms with Gasteiger partial charge in [0.1, 0.15) is 10.8 Å². The number of aliphatic hydroxyl groups is 1. The zero-order valence-corrected chi connectivity index (χ0v) is 15.8. The number of aromatic nitrogens is 3. The minimum atomic E-state index is -0.299. The van der Waals surface area contributed by atoms with Crippen LogP contribution in [-0.4, -0.2) is 43.7 Å². The van der Waals surface area contributed by atoms with Gasteiger partial charge in [0.2, 0.25) is 0 Å². The highest BCUT2D eigenvalue weighted by atomic mass is 32.1. The first-order chi connectivity index (χ1) is 12.7. The number of fused-ring (bicyclic) bond motifs is 2. The third kappa shape index (κ3) is 2.76. The zero-order chi connectivity index (χ0) is 17.7. The number of aryl methyl sites for hydroxylation is 1. The molecule has 0 amide bonds. The van der Waals surface area contributed by atoms with E-state index in [0.717, 1.165) is 49.3 Å². The number of hydrogen-bond acceptors (Lipinski definition) is 5. The van der Waals surface area contributed by atoms with Crippen LogP contribution < -0.4 is 0 Å². The van der Waals surface area contributed by atoms with Crippen molar-refractivity contribution in [2.24, 2.45) is 11.8 Å². The molecule has 2 aliphatic rings. The Balaban J connectivity index is 1.38. The second-order valence-electron chi connectivity index (χ2n) is 7.76. The quantitative estimate of drug-likeness (QED) is 0.771. The predicted octanol–water partition coefficient (Wildman–Crippen LogP) is 3.25. The van der Waals surface area contributed by atoms with Crippen molar-refractivity contribution in [2.45, 2.75) is 38.5 Å². The molecule has 1 saturated heterocycles. The number of benzene rings is 1. The average Bonchev–Trinajstić information content (AvgIpc) is 3.32. The van der Waals surface area contributed by atoms with Crippen LogP contribution in [0.1, 0.15) is 29.7 Å². The fourth-order valence-corrected chi connectivity index (χ4v) is 5.67. The van der Waals surface area contributed by atoms with Crippen LogP contribution in [0.3, 0.4) is 0 Å². The highest BCUT2D eigenvalue weighted by Crippen LogP contribution is 2.43. The van der Waals surface area contributed by atoms with E-state index in [0.29, 0.717) is 11.8 Å². The minimum Gasteiger partial charge on any atom is -0.391 e. The van der Waals surface area contributed by atoms with Crippen molar-refractivity contribution < 1.29 is 5.11 Å². The van der Waals surface area contributed by atoms with Crippen molar-refractivity contribution in [3.63, 3.8) is 0 Å². The van der Waals surface area contributed by atoms with Gasteiger partial charge in [-0.15, -0.1) is 11.3 Å². The van der Waals surface area contributed by atoms with Gasteiger partial charge in [-0.25, -0.2) is 9.97 Å². The van der Waals surface area contributed by atoms with Gasteiger partial charge in [0, 0.05) is 24.7 Å². The molecule has 4 atom stereocenters. The number of imidazole rings is 1. The van der Waals surface area contributed by atoms with Crippen LogP contribution in [0.15, 0.2) is 35.8 Å². The first-order valence-electron chi connectivity index (χ1n) is 9.41. The van der Waals surface area contributed by atoms with Gasteiger partial charge in [-0.3, -0.25) is 4.90 Å². The molecule has 2 fully saturated rings. The highest BCUT2D eigenvalue weighted by molar-refractivity contribution is 7.09. The first-order valence-corrected chi connectivity index (χ1v) is 10.3. The third-order valence-corrected chi connectivity index (χ3v) is 6.90. The monoisotopic (exact) mass is 368 g/mol. The van der Waals surface area contributed by atoms with E-state index in [1.54, 1.807) is 11.3 Å². The second kappa shape index (κ2) is 6.44. The lowest BCUT2D eigenvalue weighted by Gasteiger charge is -2.36. The number of thiazole rings is 1. The maximum absolute atomic E-state index is 10.9. The summed E-state index contributed by atoms with van der Waals surface area (Å²) < 4.78 is 2.28. The molecule has 0 unspecified atom stereocenters. The Bertz CT molecular complexity index is 906. The summed E-state index contributed by atoms with van der Waals surface area (Å²) in [5, 5.41) is 14.2. The standard InChI is InChI=1S/C20H24N4OS/c1-13-22-16-4-2-3-5-17(16)24(13)18-8-14-10-23(11-15(14)9-19(18)25)12-20-21-6-7-26-20/h2-7,14-15,18-19,25H,8-12H2,1H3/t14-,15+,18-,19-/m0/s1.